The van der Waals surface area contributed by atoms with Crippen molar-refractivity contribution in [2.24, 2.45) is 0 Å². The number of benzene rings is 2. The average Bonchev–Trinajstić information content (AvgIpc) is 3.16. The first-order chi connectivity index (χ1) is 16.0. The van der Waals surface area contributed by atoms with Crippen molar-refractivity contribution in [3.05, 3.63) is 59.2 Å². The molecule has 2 aromatic rings. The Kier molecular flexibility index (Phi) is 6.93. The monoisotopic (exact) mass is 451 g/mol. The SMILES string of the molecule is COc1ccc(OC)c(CN2CCN(C(=O)c3ccc(CN4C(=O)CCC4=O)cc3)CC2)c1. The molecular formula is C25H29N3O5. The standard InChI is InChI=1S/C25H29N3O5/c1-32-21-7-8-22(33-2)20(15-21)17-26-11-13-27(14-12-26)25(31)19-5-3-18(4-6-19)16-28-23(29)9-10-24(28)30/h3-8,15H,9-14,16-17H2,1-2H3. The number of ether oxygens (including phenoxy) is 2. The van der Waals surface area contributed by atoms with Gasteiger partial charge in [0.05, 0.1) is 20.8 Å². The Morgan fingerprint density at radius 3 is 2.12 bits per heavy atom. The number of hydrogen-bond donors (Lipinski definition) is 0. The molecule has 0 radical (unpaired) electrons. The molecule has 0 bridgehead atoms. The summed E-state index contributed by atoms with van der Waals surface area (Å²) in [4.78, 5) is 42.0. The second-order valence-corrected chi connectivity index (χ2v) is 8.32. The van der Waals surface area contributed by atoms with E-state index in [-0.39, 0.29) is 37.1 Å². The molecule has 2 aromatic carbocycles. The second kappa shape index (κ2) is 10.0. The quantitative estimate of drug-likeness (QED) is 0.601. The predicted octanol–water partition coefficient (Wildman–Crippen LogP) is 2.31. The van der Waals surface area contributed by atoms with Crippen molar-refractivity contribution < 1.29 is 23.9 Å². The Hall–Kier alpha value is -3.39. The number of amides is 3. The lowest BCUT2D eigenvalue weighted by atomic mass is 10.1. The molecule has 0 atom stereocenters. The molecule has 2 saturated heterocycles. The lowest BCUT2D eigenvalue weighted by Gasteiger charge is -2.35. The summed E-state index contributed by atoms with van der Waals surface area (Å²) in [6.45, 7) is 3.81. The summed E-state index contributed by atoms with van der Waals surface area (Å²) in [5, 5.41) is 0. The van der Waals surface area contributed by atoms with E-state index in [1.807, 2.05) is 35.2 Å². The molecule has 2 heterocycles. The Labute approximate surface area is 193 Å². The van der Waals surface area contributed by atoms with Gasteiger partial charge in [0, 0.05) is 56.7 Å². The van der Waals surface area contributed by atoms with Gasteiger partial charge in [-0.25, -0.2) is 0 Å². The molecule has 2 aliphatic heterocycles. The highest BCUT2D eigenvalue weighted by molar-refractivity contribution is 6.01. The number of hydrogen-bond acceptors (Lipinski definition) is 6. The third-order valence-electron chi connectivity index (χ3n) is 6.24. The third-order valence-corrected chi connectivity index (χ3v) is 6.24. The number of imide groups is 1. The topological polar surface area (TPSA) is 79.4 Å². The zero-order chi connectivity index (χ0) is 23.4. The van der Waals surface area contributed by atoms with Gasteiger partial charge in [0.1, 0.15) is 11.5 Å². The second-order valence-electron chi connectivity index (χ2n) is 8.32. The van der Waals surface area contributed by atoms with E-state index in [9.17, 15) is 14.4 Å². The Morgan fingerprint density at radius 2 is 1.52 bits per heavy atom. The van der Waals surface area contributed by atoms with Crippen LogP contribution in [0.2, 0.25) is 0 Å². The molecule has 2 fully saturated rings. The number of carbonyl (C=O) groups is 3. The molecule has 0 spiro atoms. The van der Waals surface area contributed by atoms with Crippen LogP contribution in [0, 0.1) is 0 Å². The molecule has 0 aliphatic carbocycles. The number of piperazine rings is 1. The fourth-order valence-electron chi connectivity index (χ4n) is 4.27. The van der Waals surface area contributed by atoms with Crippen molar-refractivity contribution in [1.29, 1.82) is 0 Å². The van der Waals surface area contributed by atoms with Gasteiger partial charge in [-0.15, -0.1) is 0 Å². The van der Waals surface area contributed by atoms with Crippen molar-refractivity contribution in [3.63, 3.8) is 0 Å². The summed E-state index contributed by atoms with van der Waals surface area (Å²) in [6, 6.07) is 13.0. The van der Waals surface area contributed by atoms with Crippen LogP contribution in [0.1, 0.15) is 34.3 Å². The van der Waals surface area contributed by atoms with Gasteiger partial charge >= 0.3 is 0 Å². The van der Waals surface area contributed by atoms with E-state index < -0.39 is 0 Å². The fraction of sp³-hybridized carbons (Fsp3) is 0.400. The highest BCUT2D eigenvalue weighted by Gasteiger charge is 2.29. The lowest BCUT2D eigenvalue weighted by Crippen LogP contribution is -2.48. The molecule has 0 unspecified atom stereocenters. The zero-order valence-corrected chi connectivity index (χ0v) is 19.1. The molecule has 33 heavy (non-hydrogen) atoms. The third kappa shape index (κ3) is 5.17. The van der Waals surface area contributed by atoms with Gasteiger partial charge in [-0.3, -0.25) is 24.2 Å². The van der Waals surface area contributed by atoms with E-state index >= 15 is 0 Å². The van der Waals surface area contributed by atoms with E-state index in [4.69, 9.17) is 9.47 Å². The molecule has 0 N–H and O–H groups in total. The maximum absolute atomic E-state index is 13.0. The molecule has 4 rings (SSSR count). The van der Waals surface area contributed by atoms with Crippen LogP contribution in [0.3, 0.4) is 0 Å². The molecule has 174 valence electrons. The minimum absolute atomic E-state index is 0.00603. The first-order valence-electron chi connectivity index (χ1n) is 11.1. The van der Waals surface area contributed by atoms with Gasteiger partial charge in [-0.2, -0.15) is 0 Å². The van der Waals surface area contributed by atoms with E-state index in [1.165, 1.54) is 4.90 Å². The van der Waals surface area contributed by atoms with Crippen LogP contribution in [-0.4, -0.2) is 72.8 Å². The minimum atomic E-state index is -0.135. The first kappa shape index (κ1) is 22.8. The highest BCUT2D eigenvalue weighted by atomic mass is 16.5. The van der Waals surface area contributed by atoms with E-state index in [0.717, 1.165) is 42.3 Å². The average molecular weight is 452 g/mol. The predicted molar refractivity (Wildman–Crippen MR) is 122 cm³/mol. The number of nitrogens with zero attached hydrogens (tertiary/aromatic N) is 3. The fourth-order valence-corrected chi connectivity index (χ4v) is 4.27. The summed E-state index contributed by atoms with van der Waals surface area (Å²) in [6.07, 6.45) is 0.567. The van der Waals surface area contributed by atoms with Crippen molar-refractivity contribution in [2.45, 2.75) is 25.9 Å². The molecular weight excluding hydrogens is 422 g/mol. The van der Waals surface area contributed by atoms with Gasteiger partial charge < -0.3 is 14.4 Å². The van der Waals surface area contributed by atoms with Gasteiger partial charge in [0.15, 0.2) is 0 Å². The van der Waals surface area contributed by atoms with Gasteiger partial charge in [-0.05, 0) is 35.9 Å². The smallest absolute Gasteiger partial charge is 0.253 e. The maximum Gasteiger partial charge on any atom is 0.253 e. The Bertz CT molecular complexity index is 1010. The summed E-state index contributed by atoms with van der Waals surface area (Å²) in [7, 11) is 3.31. The molecule has 0 aromatic heterocycles. The number of methoxy groups -OCH3 is 2. The highest BCUT2D eigenvalue weighted by Crippen LogP contribution is 2.26. The summed E-state index contributed by atoms with van der Waals surface area (Å²) < 4.78 is 10.8. The molecule has 0 saturated carbocycles. The largest absolute Gasteiger partial charge is 0.497 e. The lowest BCUT2D eigenvalue weighted by molar-refractivity contribution is -0.139. The van der Waals surface area contributed by atoms with Crippen LogP contribution in [-0.2, 0) is 22.7 Å². The summed E-state index contributed by atoms with van der Waals surface area (Å²) in [5.41, 5.74) is 2.51. The van der Waals surface area contributed by atoms with Crippen LogP contribution in [0.25, 0.3) is 0 Å². The molecule has 8 nitrogen and oxygen atoms in total. The van der Waals surface area contributed by atoms with Crippen molar-refractivity contribution in [1.82, 2.24) is 14.7 Å². The summed E-state index contributed by atoms with van der Waals surface area (Å²) in [5.74, 6) is 1.34. The summed E-state index contributed by atoms with van der Waals surface area (Å²) >= 11 is 0. The van der Waals surface area contributed by atoms with E-state index in [2.05, 4.69) is 4.90 Å². The zero-order valence-electron chi connectivity index (χ0n) is 19.1. The number of likely N-dealkylation sites (tertiary alicyclic amines) is 1. The normalized spacial score (nSPS) is 16.9. The van der Waals surface area contributed by atoms with E-state index in [1.54, 1.807) is 26.4 Å². The molecule has 2 aliphatic rings. The van der Waals surface area contributed by atoms with Crippen molar-refractivity contribution >= 4 is 17.7 Å². The van der Waals surface area contributed by atoms with Crippen LogP contribution in [0.5, 0.6) is 11.5 Å². The Morgan fingerprint density at radius 1 is 0.848 bits per heavy atom. The van der Waals surface area contributed by atoms with Gasteiger partial charge in [0.2, 0.25) is 11.8 Å². The number of carbonyl (C=O) groups excluding carboxylic acids is 3. The first-order valence-corrected chi connectivity index (χ1v) is 11.1. The maximum atomic E-state index is 13.0. The van der Waals surface area contributed by atoms with Crippen LogP contribution < -0.4 is 9.47 Å². The van der Waals surface area contributed by atoms with E-state index in [0.29, 0.717) is 18.7 Å². The minimum Gasteiger partial charge on any atom is -0.497 e. The molecule has 3 amide bonds. The number of rotatable bonds is 7. The van der Waals surface area contributed by atoms with Gasteiger partial charge in [-0.1, -0.05) is 12.1 Å². The van der Waals surface area contributed by atoms with Crippen LogP contribution in [0.4, 0.5) is 0 Å². The van der Waals surface area contributed by atoms with Crippen molar-refractivity contribution in [2.75, 3.05) is 40.4 Å². The van der Waals surface area contributed by atoms with Crippen molar-refractivity contribution in [3.8, 4) is 11.5 Å². The molecule has 8 heteroatoms. The van der Waals surface area contributed by atoms with Crippen LogP contribution in [0.15, 0.2) is 42.5 Å². The van der Waals surface area contributed by atoms with Gasteiger partial charge in [0.25, 0.3) is 5.91 Å². The Balaban J connectivity index is 1.32. The van der Waals surface area contributed by atoms with Crippen LogP contribution >= 0.6 is 0 Å².